The maximum atomic E-state index is 8.38. The van der Waals surface area contributed by atoms with Gasteiger partial charge >= 0.3 is 0 Å². The van der Waals surface area contributed by atoms with Crippen LogP contribution in [0.25, 0.3) is 0 Å². The Morgan fingerprint density at radius 3 is 3.18 bits per heavy atom. The third-order valence-corrected chi connectivity index (χ3v) is 1.93. The maximum Gasteiger partial charge on any atom is 0.165 e. The molecule has 0 radical (unpaired) electrons. The first-order chi connectivity index (χ1) is 8.28. The van der Waals surface area contributed by atoms with E-state index in [0.717, 1.165) is 5.69 Å². The first-order valence-electron chi connectivity index (χ1n) is 4.94. The van der Waals surface area contributed by atoms with Gasteiger partial charge in [0.2, 0.25) is 0 Å². The van der Waals surface area contributed by atoms with E-state index in [1.54, 1.807) is 6.08 Å². The summed E-state index contributed by atoms with van der Waals surface area (Å²) in [4.78, 5) is 4.27. The van der Waals surface area contributed by atoms with E-state index in [2.05, 4.69) is 26.5 Å². The highest BCUT2D eigenvalue weighted by Crippen LogP contribution is 2.04. The second kappa shape index (κ2) is 4.96. The SMILES string of the molecule is Cc1cccc(NN2NN=C(C=CC#N)N2)n1. The van der Waals surface area contributed by atoms with Gasteiger partial charge in [-0.3, -0.25) is 10.9 Å². The van der Waals surface area contributed by atoms with Crippen LogP contribution >= 0.6 is 0 Å². The van der Waals surface area contributed by atoms with E-state index in [1.165, 1.54) is 11.3 Å². The van der Waals surface area contributed by atoms with E-state index in [4.69, 9.17) is 5.26 Å². The van der Waals surface area contributed by atoms with Crippen molar-refractivity contribution in [3.05, 3.63) is 36.0 Å². The molecule has 0 fully saturated rings. The monoisotopic (exact) mass is 229 g/mol. The predicted octanol–water partition coefficient (Wildman–Crippen LogP) is 0.435. The molecule has 0 unspecified atom stereocenters. The molecule has 1 aromatic rings. The Hall–Kier alpha value is -2.59. The zero-order valence-corrected chi connectivity index (χ0v) is 9.18. The molecule has 7 heteroatoms. The van der Waals surface area contributed by atoms with Crippen LogP contribution < -0.4 is 16.4 Å². The van der Waals surface area contributed by atoms with Gasteiger partial charge in [0.15, 0.2) is 5.84 Å². The molecule has 0 aromatic carbocycles. The van der Waals surface area contributed by atoms with Gasteiger partial charge in [0.25, 0.3) is 0 Å². The van der Waals surface area contributed by atoms with Crippen molar-refractivity contribution < 1.29 is 0 Å². The Morgan fingerprint density at radius 1 is 1.53 bits per heavy atom. The Morgan fingerprint density at radius 2 is 2.41 bits per heavy atom. The van der Waals surface area contributed by atoms with E-state index in [0.29, 0.717) is 11.7 Å². The quantitative estimate of drug-likeness (QED) is 0.652. The largest absolute Gasteiger partial charge is 0.265 e. The summed E-state index contributed by atoms with van der Waals surface area (Å²) in [5, 5.41) is 13.7. The highest BCUT2D eigenvalue weighted by Gasteiger charge is 2.11. The zero-order valence-electron chi connectivity index (χ0n) is 9.18. The van der Waals surface area contributed by atoms with Crippen molar-refractivity contribution in [3.8, 4) is 6.07 Å². The lowest BCUT2D eigenvalue weighted by Crippen LogP contribution is -2.45. The molecule has 0 bridgehead atoms. The molecule has 0 spiro atoms. The fourth-order valence-electron chi connectivity index (χ4n) is 1.23. The van der Waals surface area contributed by atoms with Crippen LogP contribution in [0.2, 0.25) is 0 Å². The second-order valence-electron chi connectivity index (χ2n) is 3.28. The minimum atomic E-state index is 0.534. The number of allylic oxidation sites excluding steroid dienone is 1. The number of hydrogen-bond acceptors (Lipinski definition) is 7. The summed E-state index contributed by atoms with van der Waals surface area (Å²) in [6, 6.07) is 7.53. The Bertz CT molecular complexity index is 500. The van der Waals surface area contributed by atoms with Crippen LogP contribution in [0.15, 0.2) is 35.5 Å². The van der Waals surface area contributed by atoms with Gasteiger partial charge < -0.3 is 0 Å². The number of aromatic nitrogens is 1. The predicted molar refractivity (Wildman–Crippen MR) is 62.9 cm³/mol. The second-order valence-corrected chi connectivity index (χ2v) is 3.28. The molecule has 1 aliphatic heterocycles. The van der Waals surface area contributed by atoms with Crippen LogP contribution in [0, 0.1) is 18.3 Å². The van der Waals surface area contributed by atoms with Crippen molar-refractivity contribution in [3.63, 3.8) is 0 Å². The first kappa shape index (κ1) is 10.9. The Balaban J connectivity index is 1.92. The van der Waals surface area contributed by atoms with Crippen molar-refractivity contribution in [1.29, 1.82) is 5.26 Å². The summed E-state index contributed by atoms with van der Waals surface area (Å²) >= 11 is 0. The molecule has 0 amide bonds. The number of hydrazone groups is 1. The van der Waals surface area contributed by atoms with E-state index in [9.17, 15) is 0 Å². The van der Waals surface area contributed by atoms with Gasteiger partial charge in [-0.25, -0.2) is 10.5 Å². The molecule has 0 atom stereocenters. The average Bonchev–Trinajstić information content (AvgIpc) is 2.74. The third kappa shape index (κ3) is 2.93. The normalized spacial score (nSPS) is 14.9. The standard InChI is InChI=1S/C10H11N7/c1-8-4-2-5-9(12-8)14-17-15-10(13-16-17)6-3-7-11/h2-6,16H,1H3,(H,12,14)(H,13,15). The Kier molecular flexibility index (Phi) is 3.18. The number of aryl methyl sites for hydroxylation is 1. The molecule has 1 aromatic heterocycles. The molecular formula is C10H11N7. The molecule has 1 aliphatic rings. The van der Waals surface area contributed by atoms with E-state index in [1.807, 2.05) is 31.2 Å². The highest BCUT2D eigenvalue weighted by atomic mass is 16.0. The molecule has 0 saturated carbocycles. The molecular weight excluding hydrogens is 218 g/mol. The number of hydrogen-bond donors (Lipinski definition) is 3. The van der Waals surface area contributed by atoms with Crippen LogP contribution in [0.1, 0.15) is 5.69 Å². The first-order valence-corrected chi connectivity index (χ1v) is 4.94. The minimum Gasteiger partial charge on any atom is -0.265 e. The lowest BCUT2D eigenvalue weighted by molar-refractivity contribution is 0.226. The van der Waals surface area contributed by atoms with Gasteiger partial charge in [-0.2, -0.15) is 5.26 Å². The fraction of sp³-hybridized carbons (Fsp3) is 0.100. The number of amidine groups is 1. The van der Waals surface area contributed by atoms with E-state index >= 15 is 0 Å². The summed E-state index contributed by atoms with van der Waals surface area (Å²) in [5.41, 5.74) is 9.43. The van der Waals surface area contributed by atoms with Crippen LogP contribution in [0.4, 0.5) is 5.82 Å². The zero-order chi connectivity index (χ0) is 12.1. The van der Waals surface area contributed by atoms with Gasteiger partial charge in [-0.05, 0) is 30.4 Å². The summed E-state index contributed by atoms with van der Waals surface area (Å²) in [6.07, 6.45) is 2.89. The third-order valence-electron chi connectivity index (χ3n) is 1.93. The summed E-state index contributed by atoms with van der Waals surface area (Å²) < 4.78 is 0. The van der Waals surface area contributed by atoms with Crippen LogP contribution in [0.5, 0.6) is 0 Å². The van der Waals surface area contributed by atoms with Crippen molar-refractivity contribution in [2.75, 3.05) is 5.43 Å². The van der Waals surface area contributed by atoms with Crippen LogP contribution in [-0.4, -0.2) is 16.0 Å². The molecule has 0 aliphatic carbocycles. The van der Waals surface area contributed by atoms with Gasteiger partial charge in [-0.1, -0.05) is 6.07 Å². The van der Waals surface area contributed by atoms with Crippen LogP contribution in [-0.2, 0) is 0 Å². The molecule has 17 heavy (non-hydrogen) atoms. The average molecular weight is 229 g/mol. The number of nitriles is 1. The number of nitrogens with one attached hydrogen (secondary N) is 3. The van der Waals surface area contributed by atoms with Gasteiger partial charge in [0, 0.05) is 11.8 Å². The number of pyridine rings is 1. The highest BCUT2D eigenvalue weighted by molar-refractivity contribution is 5.93. The summed E-state index contributed by atoms with van der Waals surface area (Å²) in [6.45, 7) is 1.91. The van der Waals surface area contributed by atoms with Crippen molar-refractivity contribution >= 4 is 11.7 Å². The van der Waals surface area contributed by atoms with Gasteiger partial charge in [0.05, 0.1) is 6.07 Å². The minimum absolute atomic E-state index is 0.534. The van der Waals surface area contributed by atoms with Crippen molar-refractivity contribution in [1.82, 2.24) is 21.2 Å². The van der Waals surface area contributed by atoms with Crippen molar-refractivity contribution in [2.24, 2.45) is 5.10 Å². The smallest absolute Gasteiger partial charge is 0.165 e. The lowest BCUT2D eigenvalue weighted by Gasteiger charge is -2.16. The summed E-state index contributed by atoms with van der Waals surface area (Å²) in [7, 11) is 0. The van der Waals surface area contributed by atoms with E-state index < -0.39 is 0 Å². The number of hydrazine groups is 3. The number of anilines is 1. The Labute approximate surface area is 98.4 Å². The topological polar surface area (TPSA) is 88.4 Å². The molecule has 86 valence electrons. The van der Waals surface area contributed by atoms with E-state index in [-0.39, 0.29) is 0 Å². The number of nitrogens with zero attached hydrogens (tertiary/aromatic N) is 4. The molecule has 0 saturated heterocycles. The summed E-state index contributed by atoms with van der Waals surface area (Å²) in [5.74, 6) is 1.22. The lowest BCUT2D eigenvalue weighted by atomic mass is 10.4. The number of rotatable bonds is 3. The molecule has 2 heterocycles. The fourth-order valence-corrected chi connectivity index (χ4v) is 1.23. The maximum absolute atomic E-state index is 8.38. The van der Waals surface area contributed by atoms with Gasteiger partial charge in [-0.15, -0.1) is 5.10 Å². The van der Waals surface area contributed by atoms with Gasteiger partial charge in [0.1, 0.15) is 5.82 Å². The molecule has 2 rings (SSSR count). The molecule has 7 nitrogen and oxygen atoms in total. The van der Waals surface area contributed by atoms with Crippen molar-refractivity contribution in [2.45, 2.75) is 6.92 Å². The molecule has 3 N–H and O–H groups in total. The van der Waals surface area contributed by atoms with Crippen LogP contribution in [0.3, 0.4) is 0 Å².